The summed E-state index contributed by atoms with van der Waals surface area (Å²) in [4.78, 5) is 6.57. The molecule has 1 aliphatic rings. The topological polar surface area (TPSA) is 73.0 Å². The maximum Gasteiger partial charge on any atom is 0.191 e. The van der Waals surface area contributed by atoms with E-state index in [2.05, 4.69) is 15.6 Å². The van der Waals surface area contributed by atoms with E-state index in [-0.39, 0.29) is 48.7 Å². The predicted octanol–water partition coefficient (Wildman–Crippen LogP) is 3.60. The quantitative estimate of drug-likeness (QED) is 0.280. The van der Waals surface area contributed by atoms with Crippen LogP contribution in [0.3, 0.4) is 0 Å². The van der Waals surface area contributed by atoms with Gasteiger partial charge in [0.05, 0.1) is 12.8 Å². The third kappa shape index (κ3) is 7.15. The Kier molecular flexibility index (Phi) is 9.70. The highest BCUT2D eigenvalue weighted by atomic mass is 127. The van der Waals surface area contributed by atoms with Crippen LogP contribution in [-0.2, 0) is 12.1 Å². The second kappa shape index (κ2) is 11.8. The Balaban J connectivity index is 0.00000341. The average molecular weight is 548 g/mol. The second-order valence-electron chi connectivity index (χ2n) is 7.87. The summed E-state index contributed by atoms with van der Waals surface area (Å²) in [6, 6.07) is 7.49. The molecule has 0 radical (unpaired) electrons. The molecule has 31 heavy (non-hydrogen) atoms. The third-order valence-corrected chi connectivity index (χ3v) is 5.23. The Bertz CT molecular complexity index is 826. The monoisotopic (exact) mass is 548 g/mol. The first kappa shape index (κ1) is 25.5. The van der Waals surface area contributed by atoms with Crippen molar-refractivity contribution in [2.45, 2.75) is 44.9 Å². The number of hydrogen-bond donors (Lipinski definition) is 3. The highest BCUT2D eigenvalue weighted by molar-refractivity contribution is 14.0. The molecule has 1 aromatic heterocycles. The lowest BCUT2D eigenvalue weighted by molar-refractivity contribution is 0.0436. The van der Waals surface area contributed by atoms with Crippen LogP contribution in [0.4, 0.5) is 8.78 Å². The van der Waals surface area contributed by atoms with Crippen LogP contribution in [0.5, 0.6) is 0 Å². The highest BCUT2D eigenvalue weighted by Gasteiger charge is 2.27. The lowest BCUT2D eigenvalue weighted by Gasteiger charge is -2.34. The molecule has 0 saturated carbocycles. The van der Waals surface area contributed by atoms with Gasteiger partial charge < -0.3 is 20.2 Å². The summed E-state index contributed by atoms with van der Waals surface area (Å²) in [6.45, 7) is 6.09. The molecule has 0 bridgehead atoms. The Labute approximate surface area is 199 Å². The van der Waals surface area contributed by atoms with Crippen molar-refractivity contribution >= 4 is 29.9 Å². The molecule has 1 aliphatic heterocycles. The van der Waals surface area contributed by atoms with Gasteiger partial charge in [-0.05, 0) is 57.5 Å². The second-order valence-corrected chi connectivity index (χ2v) is 7.87. The fraction of sp³-hybridized carbons (Fsp3) is 0.500. The molecule has 0 amide bonds. The van der Waals surface area contributed by atoms with Gasteiger partial charge in [0.2, 0.25) is 0 Å². The van der Waals surface area contributed by atoms with Crippen LogP contribution in [0.25, 0.3) is 0 Å². The minimum Gasteiger partial charge on any atom is -0.466 e. The van der Waals surface area contributed by atoms with Crippen LogP contribution in [0.15, 0.2) is 46.0 Å². The molecule has 2 aromatic rings. The van der Waals surface area contributed by atoms with E-state index in [1.807, 2.05) is 11.8 Å². The summed E-state index contributed by atoms with van der Waals surface area (Å²) in [5.41, 5.74) is -1.11. The smallest absolute Gasteiger partial charge is 0.191 e. The zero-order chi connectivity index (χ0) is 21.6. The van der Waals surface area contributed by atoms with Crippen LogP contribution in [0.2, 0.25) is 0 Å². The number of piperidine rings is 1. The number of furan rings is 1. The van der Waals surface area contributed by atoms with Gasteiger partial charge in [0.15, 0.2) is 5.96 Å². The van der Waals surface area contributed by atoms with Crippen molar-refractivity contribution < 1.29 is 18.3 Å². The summed E-state index contributed by atoms with van der Waals surface area (Å²) >= 11 is 0. The Morgan fingerprint density at radius 3 is 2.68 bits per heavy atom. The third-order valence-electron chi connectivity index (χ3n) is 5.23. The van der Waals surface area contributed by atoms with E-state index in [1.54, 1.807) is 19.1 Å². The Morgan fingerprint density at radius 2 is 2.03 bits per heavy atom. The van der Waals surface area contributed by atoms with E-state index in [4.69, 9.17) is 4.42 Å². The summed E-state index contributed by atoms with van der Waals surface area (Å²) < 4.78 is 33.3. The normalized spacial score (nSPS) is 19.4. The number of benzene rings is 1. The fourth-order valence-electron chi connectivity index (χ4n) is 3.63. The van der Waals surface area contributed by atoms with Gasteiger partial charge in [-0.15, -0.1) is 24.0 Å². The number of nitrogens with zero attached hydrogens (tertiary/aromatic N) is 2. The van der Waals surface area contributed by atoms with Crippen LogP contribution >= 0.6 is 24.0 Å². The summed E-state index contributed by atoms with van der Waals surface area (Å²) in [6.07, 6.45) is 3.36. The lowest BCUT2D eigenvalue weighted by Crippen LogP contribution is -2.51. The van der Waals surface area contributed by atoms with Gasteiger partial charge in [0.25, 0.3) is 0 Å². The first-order valence-electron chi connectivity index (χ1n) is 10.4. The Hall–Kier alpha value is -1.72. The number of halogens is 3. The van der Waals surface area contributed by atoms with Crippen molar-refractivity contribution in [2.24, 2.45) is 4.99 Å². The molecule has 1 fully saturated rings. The number of aliphatic hydroxyl groups is 1. The number of rotatable bonds is 7. The van der Waals surface area contributed by atoms with Crippen LogP contribution in [0.1, 0.15) is 38.0 Å². The SMILES string of the molecule is CCNC(=NCC(C)(O)c1ccco1)NC1CCCN(Cc2c(F)cccc2F)C1.I. The van der Waals surface area contributed by atoms with Gasteiger partial charge in [-0.1, -0.05) is 6.07 Å². The maximum atomic E-state index is 14.0. The zero-order valence-corrected chi connectivity index (χ0v) is 20.2. The van der Waals surface area contributed by atoms with Crippen LogP contribution in [0, 0.1) is 11.6 Å². The lowest BCUT2D eigenvalue weighted by atomic mass is 10.0. The van der Waals surface area contributed by atoms with Crippen molar-refractivity contribution in [2.75, 3.05) is 26.2 Å². The number of guanidine groups is 1. The Morgan fingerprint density at radius 1 is 1.29 bits per heavy atom. The molecule has 2 unspecified atom stereocenters. The predicted molar refractivity (Wildman–Crippen MR) is 127 cm³/mol. The zero-order valence-electron chi connectivity index (χ0n) is 17.9. The van der Waals surface area contributed by atoms with Crippen LogP contribution in [-0.4, -0.2) is 48.2 Å². The van der Waals surface area contributed by atoms with Gasteiger partial charge in [0, 0.05) is 31.2 Å². The molecule has 0 spiro atoms. The largest absolute Gasteiger partial charge is 0.466 e. The number of likely N-dealkylation sites (tertiary alicyclic amines) is 1. The highest BCUT2D eigenvalue weighted by Crippen LogP contribution is 2.21. The molecule has 172 valence electrons. The maximum absolute atomic E-state index is 14.0. The summed E-state index contributed by atoms with van der Waals surface area (Å²) in [5.74, 6) is 0.0198. The summed E-state index contributed by atoms with van der Waals surface area (Å²) in [5, 5.41) is 17.2. The molecule has 6 nitrogen and oxygen atoms in total. The molecule has 2 atom stereocenters. The van der Waals surface area contributed by atoms with Gasteiger partial charge >= 0.3 is 0 Å². The van der Waals surface area contributed by atoms with Crippen molar-refractivity contribution in [3.05, 3.63) is 59.6 Å². The fourth-order valence-corrected chi connectivity index (χ4v) is 3.63. The molecular formula is C22H31F2IN4O2. The van der Waals surface area contributed by atoms with Crippen molar-refractivity contribution in [1.82, 2.24) is 15.5 Å². The van der Waals surface area contributed by atoms with E-state index in [0.29, 0.717) is 24.8 Å². The van der Waals surface area contributed by atoms with E-state index in [1.165, 1.54) is 24.5 Å². The summed E-state index contributed by atoms with van der Waals surface area (Å²) in [7, 11) is 0. The van der Waals surface area contributed by atoms with Gasteiger partial charge in [-0.2, -0.15) is 0 Å². The number of aliphatic imine (C=N–C) groups is 1. The molecule has 2 heterocycles. The molecule has 3 N–H and O–H groups in total. The molecular weight excluding hydrogens is 517 g/mol. The number of hydrogen-bond acceptors (Lipinski definition) is 4. The van der Waals surface area contributed by atoms with Gasteiger partial charge in [-0.25, -0.2) is 13.8 Å². The minimum absolute atomic E-state index is 0. The van der Waals surface area contributed by atoms with E-state index in [0.717, 1.165) is 19.4 Å². The van der Waals surface area contributed by atoms with Crippen molar-refractivity contribution in [3.8, 4) is 0 Å². The molecule has 1 aromatic carbocycles. The first-order valence-corrected chi connectivity index (χ1v) is 10.4. The first-order chi connectivity index (χ1) is 14.4. The standard InChI is InChI=1S/C22H30F2N4O2.HI/c1-3-25-21(26-15-22(2,29)20-10-6-12-30-20)27-16-7-5-11-28(13-16)14-17-18(23)8-4-9-19(17)24;/h4,6,8-10,12,16,29H,3,5,7,11,13-15H2,1-2H3,(H2,25,26,27);1H. The van der Waals surface area contributed by atoms with Crippen molar-refractivity contribution in [1.29, 1.82) is 0 Å². The molecule has 3 rings (SSSR count). The molecule has 9 heteroatoms. The van der Waals surface area contributed by atoms with Gasteiger partial charge in [-0.3, -0.25) is 4.90 Å². The van der Waals surface area contributed by atoms with E-state index < -0.39 is 17.2 Å². The minimum atomic E-state index is -1.22. The van der Waals surface area contributed by atoms with Crippen LogP contribution < -0.4 is 10.6 Å². The van der Waals surface area contributed by atoms with E-state index >= 15 is 0 Å². The van der Waals surface area contributed by atoms with E-state index in [9.17, 15) is 13.9 Å². The number of nitrogens with one attached hydrogen (secondary N) is 2. The molecule has 1 saturated heterocycles. The average Bonchev–Trinajstić information content (AvgIpc) is 3.26. The molecule has 0 aliphatic carbocycles. The van der Waals surface area contributed by atoms with Gasteiger partial charge in [0.1, 0.15) is 23.0 Å². The van der Waals surface area contributed by atoms with Crippen molar-refractivity contribution in [3.63, 3.8) is 0 Å².